The van der Waals surface area contributed by atoms with Gasteiger partial charge in [0.2, 0.25) is 0 Å². The molecule has 8 nitrogen and oxygen atoms in total. The Labute approximate surface area is 295 Å². The fraction of sp³-hybridized carbons (Fsp3) is 0.316. The van der Waals surface area contributed by atoms with Gasteiger partial charge in [-0.2, -0.15) is 0 Å². The van der Waals surface area contributed by atoms with E-state index in [0.29, 0.717) is 39.3 Å². The first-order chi connectivity index (χ1) is 23.1. The van der Waals surface area contributed by atoms with E-state index in [4.69, 9.17) is 30.5 Å². The summed E-state index contributed by atoms with van der Waals surface area (Å²) in [6.45, 7) is 8.28. The van der Waals surface area contributed by atoms with Crippen molar-refractivity contribution in [3.63, 3.8) is 0 Å². The molecule has 48 heavy (non-hydrogen) atoms. The Balaban J connectivity index is 1.50. The molecule has 0 heterocycles. The van der Waals surface area contributed by atoms with Crippen molar-refractivity contribution in [3.05, 3.63) is 93.9 Å². The highest BCUT2D eigenvalue weighted by molar-refractivity contribution is 9.10. The van der Waals surface area contributed by atoms with Gasteiger partial charge < -0.3 is 18.9 Å². The molecular formula is C38H40BrClN2O6. The highest BCUT2D eigenvalue weighted by Crippen LogP contribution is 2.48. The van der Waals surface area contributed by atoms with Crippen molar-refractivity contribution >= 4 is 61.9 Å². The quantitative estimate of drug-likeness (QED) is 0.154. The summed E-state index contributed by atoms with van der Waals surface area (Å²) in [4.78, 5) is 28.3. The number of ether oxygens (including phenoxy) is 4. The molecule has 10 heteroatoms. The van der Waals surface area contributed by atoms with Gasteiger partial charge in [0, 0.05) is 34.8 Å². The highest BCUT2D eigenvalue weighted by Gasteiger charge is 2.30. The first-order valence-corrected chi connectivity index (χ1v) is 17.1. The average molecular weight is 736 g/mol. The van der Waals surface area contributed by atoms with Crippen LogP contribution in [0.25, 0.3) is 21.9 Å². The number of hydrogen-bond donors (Lipinski definition) is 1. The van der Waals surface area contributed by atoms with Crippen molar-refractivity contribution in [2.75, 3.05) is 37.1 Å². The van der Waals surface area contributed by atoms with Crippen molar-refractivity contribution in [1.29, 1.82) is 0 Å². The molecule has 4 aromatic rings. The summed E-state index contributed by atoms with van der Waals surface area (Å²) < 4.78 is 24.3. The normalized spacial score (nSPS) is 12.5. The van der Waals surface area contributed by atoms with Crippen molar-refractivity contribution < 1.29 is 28.5 Å². The van der Waals surface area contributed by atoms with Crippen molar-refractivity contribution in [3.8, 4) is 22.6 Å². The van der Waals surface area contributed by atoms with E-state index in [9.17, 15) is 9.59 Å². The molecule has 4 aromatic carbocycles. The Bertz CT molecular complexity index is 1790. The van der Waals surface area contributed by atoms with Crippen LogP contribution in [0.5, 0.6) is 11.5 Å². The number of hydrogen-bond acceptors (Lipinski definition) is 6. The highest BCUT2D eigenvalue weighted by atomic mass is 79.9. The molecule has 2 amide bonds. The number of rotatable bonds is 11. The second-order valence-corrected chi connectivity index (χ2v) is 13.4. The average Bonchev–Trinajstić information content (AvgIpc) is 3.38. The molecule has 0 spiro atoms. The summed E-state index contributed by atoms with van der Waals surface area (Å²) in [5, 5.41) is 4.21. The fourth-order valence-electron chi connectivity index (χ4n) is 5.83. The zero-order valence-corrected chi connectivity index (χ0v) is 30.1. The monoisotopic (exact) mass is 734 g/mol. The maximum Gasteiger partial charge on any atom is 0.415 e. The summed E-state index contributed by atoms with van der Waals surface area (Å²) in [6, 6.07) is 21.8. The molecule has 0 unspecified atom stereocenters. The van der Waals surface area contributed by atoms with E-state index in [0.717, 1.165) is 40.5 Å². The van der Waals surface area contributed by atoms with Crippen LogP contribution in [-0.2, 0) is 9.47 Å². The van der Waals surface area contributed by atoms with Gasteiger partial charge in [0.15, 0.2) is 5.75 Å². The number of anilines is 2. The first kappa shape index (κ1) is 35.1. The molecule has 5 rings (SSSR count). The molecule has 0 fully saturated rings. The largest absolute Gasteiger partial charge is 0.494 e. The Morgan fingerprint density at radius 3 is 2.29 bits per heavy atom. The fourth-order valence-corrected chi connectivity index (χ4v) is 6.63. The first-order valence-electron chi connectivity index (χ1n) is 15.9. The maximum atomic E-state index is 13.5. The minimum atomic E-state index is -0.735. The van der Waals surface area contributed by atoms with Gasteiger partial charge in [-0.3, -0.25) is 10.2 Å². The molecule has 252 valence electrons. The Kier molecular flexibility index (Phi) is 11.2. The second kappa shape index (κ2) is 15.3. The third-order valence-electron chi connectivity index (χ3n) is 7.96. The predicted octanol–water partition coefficient (Wildman–Crippen LogP) is 10.6. The van der Waals surface area contributed by atoms with E-state index >= 15 is 0 Å². The smallest absolute Gasteiger partial charge is 0.415 e. The topological polar surface area (TPSA) is 86.3 Å². The lowest BCUT2D eigenvalue weighted by Gasteiger charge is -2.28. The Morgan fingerprint density at radius 2 is 1.69 bits per heavy atom. The molecule has 0 saturated heterocycles. The number of unbranched alkanes of at least 4 members (excludes halogenated alkanes) is 1. The molecule has 0 atom stereocenters. The summed E-state index contributed by atoms with van der Waals surface area (Å²) in [6.07, 6.45) is 2.25. The van der Waals surface area contributed by atoms with E-state index in [1.54, 1.807) is 39.0 Å². The van der Waals surface area contributed by atoms with Gasteiger partial charge in [0.25, 0.3) is 0 Å². The van der Waals surface area contributed by atoms with Gasteiger partial charge in [0.05, 0.1) is 29.6 Å². The van der Waals surface area contributed by atoms with E-state index < -0.39 is 17.8 Å². The molecular weight excluding hydrogens is 696 g/mol. The maximum absolute atomic E-state index is 13.5. The van der Waals surface area contributed by atoms with Crippen LogP contribution in [0.2, 0.25) is 0 Å². The van der Waals surface area contributed by atoms with Gasteiger partial charge in [-0.05, 0) is 77.5 Å². The minimum Gasteiger partial charge on any atom is -0.494 e. The SMILES string of the molecule is CCCCOc1cc(N(C/C=C/Cl)C(=O)OC(C)(C)C)c(Br)c2c(OC)c(NC(=O)OCC3c4ccccc4-c4ccccc43)ccc12. The molecule has 0 saturated carbocycles. The van der Waals surface area contributed by atoms with Gasteiger partial charge >= 0.3 is 12.2 Å². The second-order valence-electron chi connectivity index (χ2n) is 12.4. The number of amides is 2. The third kappa shape index (κ3) is 7.58. The van der Waals surface area contributed by atoms with Gasteiger partial charge in [-0.1, -0.05) is 79.6 Å². The number of halogens is 2. The summed E-state index contributed by atoms with van der Waals surface area (Å²) in [5.74, 6) is 0.834. The standard InChI is InChI=1S/C38H40BrClN2O6/c1-6-7-21-46-32-22-31(42(20-12-19-40)37(44)48-38(2,3)4)34(39)33-28(32)17-18-30(35(33)45-5)41-36(43)47-23-29-26-15-10-8-13-24(26)25-14-9-11-16-27(25)29/h8-19,22,29H,6-7,20-21,23H2,1-5H3,(H,41,43)/b19-12+. The number of methoxy groups -OCH3 is 1. The van der Waals surface area contributed by atoms with Crippen LogP contribution in [0.1, 0.15) is 57.6 Å². The van der Waals surface area contributed by atoms with Crippen LogP contribution in [0.4, 0.5) is 21.0 Å². The van der Waals surface area contributed by atoms with Gasteiger partial charge in [0.1, 0.15) is 18.0 Å². The Hall–Kier alpha value is -4.21. The van der Waals surface area contributed by atoms with Crippen molar-refractivity contribution in [2.24, 2.45) is 0 Å². The lowest BCUT2D eigenvalue weighted by atomic mass is 9.98. The van der Waals surface area contributed by atoms with E-state index in [1.165, 1.54) is 17.5 Å². The van der Waals surface area contributed by atoms with Gasteiger partial charge in [-0.25, -0.2) is 9.59 Å². The third-order valence-corrected chi connectivity index (χ3v) is 8.94. The van der Waals surface area contributed by atoms with Crippen LogP contribution in [0, 0.1) is 0 Å². The molecule has 1 aliphatic rings. The van der Waals surface area contributed by atoms with Crippen LogP contribution in [0.3, 0.4) is 0 Å². The molecule has 1 aliphatic carbocycles. The summed E-state index contributed by atoms with van der Waals surface area (Å²) >= 11 is 9.64. The number of nitrogens with zero attached hydrogens (tertiary/aromatic N) is 1. The van der Waals surface area contributed by atoms with E-state index in [-0.39, 0.29) is 19.1 Å². The zero-order valence-electron chi connectivity index (χ0n) is 27.8. The lowest BCUT2D eigenvalue weighted by molar-refractivity contribution is 0.0584. The molecule has 1 N–H and O–H groups in total. The molecule has 0 radical (unpaired) electrons. The van der Waals surface area contributed by atoms with Crippen molar-refractivity contribution in [2.45, 2.75) is 52.1 Å². The number of carbonyl (C=O) groups excluding carboxylic acids is 2. The molecule has 0 bridgehead atoms. The number of nitrogens with one attached hydrogen (secondary N) is 1. The van der Waals surface area contributed by atoms with Crippen LogP contribution >= 0.6 is 27.5 Å². The van der Waals surface area contributed by atoms with Crippen LogP contribution in [0.15, 0.2) is 82.8 Å². The van der Waals surface area contributed by atoms with E-state index in [1.807, 2.05) is 30.3 Å². The number of carbonyl (C=O) groups is 2. The predicted molar refractivity (Wildman–Crippen MR) is 196 cm³/mol. The van der Waals surface area contributed by atoms with Gasteiger partial charge in [-0.15, -0.1) is 0 Å². The summed E-state index contributed by atoms with van der Waals surface area (Å²) in [7, 11) is 1.52. The minimum absolute atomic E-state index is 0.0814. The van der Waals surface area contributed by atoms with Crippen LogP contribution < -0.4 is 19.7 Å². The zero-order chi connectivity index (χ0) is 34.4. The number of benzene rings is 4. The Morgan fingerprint density at radius 1 is 1.02 bits per heavy atom. The molecule has 0 aromatic heterocycles. The van der Waals surface area contributed by atoms with E-state index in [2.05, 4.69) is 52.4 Å². The lowest BCUT2D eigenvalue weighted by Crippen LogP contribution is -2.37. The summed E-state index contributed by atoms with van der Waals surface area (Å²) in [5.41, 5.74) is 6.04. The van der Waals surface area contributed by atoms with Crippen LogP contribution in [-0.4, -0.2) is 44.7 Å². The van der Waals surface area contributed by atoms with Crippen molar-refractivity contribution in [1.82, 2.24) is 0 Å². The number of fused-ring (bicyclic) bond motifs is 4. The molecule has 0 aliphatic heterocycles.